The van der Waals surface area contributed by atoms with E-state index in [2.05, 4.69) is 0 Å². The monoisotopic (exact) mass is 233 g/mol. The van der Waals surface area contributed by atoms with E-state index >= 15 is 0 Å². The first kappa shape index (κ1) is 11.0. The van der Waals surface area contributed by atoms with Crippen LogP contribution >= 0.6 is 23.2 Å². The molecule has 0 aliphatic rings. The lowest BCUT2D eigenvalue weighted by Crippen LogP contribution is -2.05. The number of hydrogen-bond donors (Lipinski definition) is 1. The van der Waals surface area contributed by atoms with Gasteiger partial charge in [-0.3, -0.25) is 4.79 Å². The minimum absolute atomic E-state index is 0.0908. The minimum atomic E-state index is -0.638. The van der Waals surface area contributed by atoms with E-state index in [-0.39, 0.29) is 10.0 Å². The van der Waals surface area contributed by atoms with E-state index in [4.69, 9.17) is 28.9 Å². The molecule has 1 rings (SSSR count). The van der Waals surface area contributed by atoms with Gasteiger partial charge in [-0.05, 0) is 23.8 Å². The van der Waals surface area contributed by atoms with Gasteiger partial charge in [-0.2, -0.15) is 0 Å². The van der Waals surface area contributed by atoms with Crippen LogP contribution in [0.15, 0.2) is 18.2 Å². The summed E-state index contributed by atoms with van der Waals surface area (Å²) in [6, 6.07) is 2.53. The van der Waals surface area contributed by atoms with Crippen molar-refractivity contribution in [1.29, 1.82) is 0 Å². The Labute approximate surface area is 90.1 Å². The van der Waals surface area contributed by atoms with Crippen molar-refractivity contribution < 1.29 is 9.18 Å². The zero-order chi connectivity index (χ0) is 10.7. The zero-order valence-electron chi connectivity index (χ0n) is 6.93. The molecule has 74 valence electrons. The average Bonchev–Trinajstić information content (AvgIpc) is 2.08. The smallest absolute Gasteiger partial charge is 0.241 e. The number of nitrogens with two attached hydrogens (primary N) is 1. The molecule has 0 saturated heterocycles. The maximum absolute atomic E-state index is 13.0. The predicted molar refractivity (Wildman–Crippen MR) is 54.6 cm³/mol. The number of amides is 1. The number of benzene rings is 1. The van der Waals surface area contributed by atoms with E-state index in [9.17, 15) is 9.18 Å². The van der Waals surface area contributed by atoms with E-state index < -0.39 is 11.7 Å². The molecule has 5 heteroatoms. The molecular weight excluding hydrogens is 228 g/mol. The predicted octanol–water partition coefficient (Wildman–Crippen LogP) is 2.63. The molecule has 1 aromatic carbocycles. The van der Waals surface area contributed by atoms with Crippen LogP contribution in [0, 0.1) is 5.82 Å². The molecule has 14 heavy (non-hydrogen) atoms. The molecule has 2 N–H and O–H groups in total. The topological polar surface area (TPSA) is 43.1 Å². The lowest BCUT2D eigenvalue weighted by molar-refractivity contribution is -0.113. The largest absolute Gasteiger partial charge is 0.366 e. The standard InChI is InChI=1S/C9H6Cl2FNO/c10-6-3-5(1-2-8(13)14)9(11)7(12)4-6/h1-4H,(H2,13,14). The SMILES string of the molecule is NC(=O)C=Cc1cc(Cl)cc(F)c1Cl. The minimum Gasteiger partial charge on any atom is -0.366 e. The summed E-state index contributed by atoms with van der Waals surface area (Å²) in [5.74, 6) is -1.27. The van der Waals surface area contributed by atoms with Gasteiger partial charge in [-0.15, -0.1) is 0 Å². The highest BCUT2D eigenvalue weighted by molar-refractivity contribution is 6.34. The third-order valence-corrected chi connectivity index (χ3v) is 2.07. The van der Waals surface area contributed by atoms with Gasteiger partial charge >= 0.3 is 0 Å². The van der Waals surface area contributed by atoms with Gasteiger partial charge < -0.3 is 5.73 Å². The van der Waals surface area contributed by atoms with Crippen LogP contribution < -0.4 is 5.73 Å². The average molecular weight is 234 g/mol. The van der Waals surface area contributed by atoms with Gasteiger partial charge in [0.05, 0.1) is 5.02 Å². The van der Waals surface area contributed by atoms with E-state index in [0.717, 1.165) is 12.1 Å². The molecular formula is C9H6Cl2FNO. The molecule has 1 amide bonds. The van der Waals surface area contributed by atoms with Crippen LogP contribution in [-0.4, -0.2) is 5.91 Å². The maximum atomic E-state index is 13.0. The van der Waals surface area contributed by atoms with Gasteiger partial charge in [-0.25, -0.2) is 4.39 Å². The Morgan fingerprint density at radius 3 is 2.64 bits per heavy atom. The van der Waals surface area contributed by atoms with Gasteiger partial charge in [0.15, 0.2) is 0 Å². The summed E-state index contributed by atoms with van der Waals surface area (Å²) in [5, 5.41) is 0.114. The van der Waals surface area contributed by atoms with Crippen LogP contribution in [0.2, 0.25) is 10.0 Å². The summed E-state index contributed by atoms with van der Waals surface area (Å²) in [6.07, 6.45) is 2.39. The lowest BCUT2D eigenvalue weighted by Gasteiger charge is -2.00. The highest BCUT2D eigenvalue weighted by atomic mass is 35.5. The van der Waals surface area contributed by atoms with Crippen LogP contribution in [0.25, 0.3) is 6.08 Å². The summed E-state index contributed by atoms with van der Waals surface area (Å²) in [5.41, 5.74) is 5.19. The van der Waals surface area contributed by atoms with Crippen molar-refractivity contribution in [3.8, 4) is 0 Å². The number of rotatable bonds is 2. The van der Waals surface area contributed by atoms with Crippen LogP contribution in [0.1, 0.15) is 5.56 Å². The van der Waals surface area contributed by atoms with Crippen molar-refractivity contribution in [2.45, 2.75) is 0 Å². The molecule has 0 unspecified atom stereocenters. The van der Waals surface area contributed by atoms with Gasteiger partial charge in [0.25, 0.3) is 0 Å². The Kier molecular flexibility index (Phi) is 3.49. The third kappa shape index (κ3) is 2.72. The van der Waals surface area contributed by atoms with Gasteiger partial charge in [0.2, 0.25) is 5.91 Å². The van der Waals surface area contributed by atoms with E-state index in [1.807, 2.05) is 0 Å². The molecule has 0 fully saturated rings. The second-order valence-electron chi connectivity index (χ2n) is 2.53. The fraction of sp³-hybridized carbons (Fsp3) is 0. The van der Waals surface area contributed by atoms with E-state index in [1.54, 1.807) is 0 Å². The van der Waals surface area contributed by atoms with Crippen molar-refractivity contribution in [3.05, 3.63) is 39.6 Å². The second kappa shape index (κ2) is 4.44. The fourth-order valence-corrected chi connectivity index (χ4v) is 1.25. The van der Waals surface area contributed by atoms with Gasteiger partial charge in [0.1, 0.15) is 5.82 Å². The molecule has 0 spiro atoms. The van der Waals surface area contributed by atoms with Crippen molar-refractivity contribution >= 4 is 35.2 Å². The molecule has 1 aromatic rings. The van der Waals surface area contributed by atoms with Crippen LogP contribution in [0.4, 0.5) is 4.39 Å². The van der Waals surface area contributed by atoms with Crippen LogP contribution in [0.5, 0.6) is 0 Å². The Bertz CT molecular complexity index is 404. The Morgan fingerprint density at radius 2 is 2.07 bits per heavy atom. The third-order valence-electron chi connectivity index (χ3n) is 1.45. The van der Waals surface area contributed by atoms with Crippen molar-refractivity contribution in [2.75, 3.05) is 0 Å². The summed E-state index contributed by atoms with van der Waals surface area (Å²) in [4.78, 5) is 10.4. The Morgan fingerprint density at radius 1 is 1.43 bits per heavy atom. The van der Waals surface area contributed by atoms with E-state index in [1.165, 1.54) is 12.1 Å². The first-order valence-electron chi connectivity index (χ1n) is 3.63. The molecule has 2 nitrogen and oxygen atoms in total. The number of carbonyl (C=O) groups is 1. The first-order valence-corrected chi connectivity index (χ1v) is 4.38. The zero-order valence-corrected chi connectivity index (χ0v) is 8.44. The molecule has 0 aromatic heterocycles. The molecule has 0 heterocycles. The van der Waals surface area contributed by atoms with Gasteiger partial charge in [-0.1, -0.05) is 23.2 Å². The Hall–Kier alpha value is -1.06. The summed E-state index contributed by atoms with van der Waals surface area (Å²) < 4.78 is 13.0. The highest BCUT2D eigenvalue weighted by Gasteiger charge is 2.05. The van der Waals surface area contributed by atoms with Gasteiger partial charge in [0, 0.05) is 11.1 Å². The number of halogens is 3. The van der Waals surface area contributed by atoms with Crippen molar-refractivity contribution in [2.24, 2.45) is 5.73 Å². The number of carbonyl (C=O) groups excluding carboxylic acids is 1. The molecule has 0 aliphatic carbocycles. The first-order chi connectivity index (χ1) is 6.50. The summed E-state index contributed by atoms with van der Waals surface area (Å²) in [7, 11) is 0. The highest BCUT2D eigenvalue weighted by Crippen LogP contribution is 2.25. The summed E-state index contributed by atoms with van der Waals surface area (Å²) >= 11 is 11.2. The fourth-order valence-electron chi connectivity index (χ4n) is 0.869. The molecule has 0 bridgehead atoms. The molecule has 0 saturated carbocycles. The number of primary amides is 1. The molecule has 0 radical (unpaired) electrons. The lowest BCUT2D eigenvalue weighted by atomic mass is 10.2. The second-order valence-corrected chi connectivity index (χ2v) is 3.34. The van der Waals surface area contributed by atoms with E-state index in [0.29, 0.717) is 5.56 Å². The quantitative estimate of drug-likeness (QED) is 0.620. The normalized spacial score (nSPS) is 10.8. The maximum Gasteiger partial charge on any atom is 0.241 e. The van der Waals surface area contributed by atoms with Crippen molar-refractivity contribution in [3.63, 3.8) is 0 Å². The van der Waals surface area contributed by atoms with Crippen LogP contribution in [-0.2, 0) is 4.79 Å². The van der Waals surface area contributed by atoms with Crippen molar-refractivity contribution in [1.82, 2.24) is 0 Å². The Balaban J connectivity index is 3.14. The molecule has 0 atom stereocenters. The number of hydrogen-bond acceptors (Lipinski definition) is 1. The molecule has 0 aliphatic heterocycles. The van der Waals surface area contributed by atoms with Crippen LogP contribution in [0.3, 0.4) is 0 Å². The summed E-state index contributed by atoms with van der Waals surface area (Å²) in [6.45, 7) is 0.